The summed E-state index contributed by atoms with van der Waals surface area (Å²) >= 11 is 0. The third-order valence-electron chi connectivity index (χ3n) is 0.254. The van der Waals surface area contributed by atoms with Crippen LogP contribution in [-0.2, 0) is 0 Å². The van der Waals surface area contributed by atoms with E-state index in [9.17, 15) is 17.6 Å². The van der Waals surface area contributed by atoms with Crippen molar-refractivity contribution in [1.82, 2.24) is 0 Å². The number of rotatable bonds is 1. The van der Waals surface area contributed by atoms with Gasteiger partial charge < -0.3 is 5.11 Å². The van der Waals surface area contributed by atoms with Gasteiger partial charge in [-0.1, -0.05) is 0 Å². The minimum absolute atomic E-state index is 0. The van der Waals surface area contributed by atoms with E-state index in [2.05, 4.69) is 0 Å². The van der Waals surface area contributed by atoms with Gasteiger partial charge in [0.05, 0.1) is 0 Å². The van der Waals surface area contributed by atoms with Crippen molar-refractivity contribution in [3.8, 4) is 0 Å². The summed E-state index contributed by atoms with van der Waals surface area (Å²) in [6.07, 6.45) is -9.17. The van der Waals surface area contributed by atoms with Crippen LogP contribution < -0.4 is 24.0 Å². The topological polar surface area (TPSA) is 23.1 Å². The second-order valence-corrected chi connectivity index (χ2v) is 0.862. The zero-order valence-electron chi connectivity index (χ0n) is 4.00. The largest absolute Gasteiger partial charge is 1.00 e. The molecule has 0 aromatic rings. The molecule has 44 valence electrons. The number of halogens is 4. The van der Waals surface area contributed by atoms with E-state index in [1.54, 1.807) is 0 Å². The number of alkyl halides is 4. The zero-order chi connectivity index (χ0) is 6.08. The Bertz CT molecular complexity index is 59.5. The van der Waals surface area contributed by atoms with Crippen LogP contribution in [0.15, 0.2) is 0 Å². The second kappa shape index (κ2) is 3.33. The third kappa shape index (κ3) is 4.44. The molecule has 0 aliphatic heterocycles. The van der Waals surface area contributed by atoms with Gasteiger partial charge in [-0.2, -0.15) is 0 Å². The zero-order valence-corrected chi connectivity index (χ0v) is 4.00. The van der Waals surface area contributed by atoms with E-state index in [1.165, 1.54) is 0 Å². The molecule has 6 heteroatoms. The van der Waals surface area contributed by atoms with Gasteiger partial charge in [0.1, 0.15) is 0 Å². The molecule has 0 aliphatic carbocycles. The van der Waals surface area contributed by atoms with Crippen LogP contribution in [0.5, 0.6) is 0 Å². The minimum atomic E-state index is -5.08. The molecule has 0 aromatic carbocycles. The van der Waals surface area contributed by atoms with Crippen LogP contribution in [0.3, 0.4) is 0 Å². The van der Waals surface area contributed by atoms with E-state index in [0.29, 0.717) is 0 Å². The van der Waals surface area contributed by atoms with Crippen LogP contribution >= 0.6 is 0 Å². The van der Waals surface area contributed by atoms with Crippen molar-refractivity contribution in [2.75, 3.05) is 0 Å². The summed E-state index contributed by atoms with van der Waals surface area (Å²) in [5.74, 6) is 0. The molecule has 0 radical (unpaired) electrons. The van der Waals surface area contributed by atoms with Crippen molar-refractivity contribution >= 4 is 0 Å². The van der Waals surface area contributed by atoms with Crippen molar-refractivity contribution < 1.29 is 41.5 Å². The fraction of sp³-hybridized carbons (Fsp3) is 1.00. The summed E-state index contributed by atoms with van der Waals surface area (Å²) in [7, 11) is 0. The average Bonchev–Trinajstić information content (AvgIpc) is 1.31. The van der Waals surface area contributed by atoms with Crippen LogP contribution in [0, 0.1) is 0 Å². The van der Waals surface area contributed by atoms with Gasteiger partial charge in [0, 0.05) is 0 Å². The Labute approximate surface area is 54.9 Å². The minimum Gasteiger partial charge on any atom is -0.794 e. The van der Waals surface area contributed by atoms with Gasteiger partial charge in [-0.25, -0.2) is 17.6 Å². The van der Waals surface area contributed by atoms with Crippen molar-refractivity contribution in [3.63, 3.8) is 0 Å². The normalized spacial score (nSPS) is 11.2. The fourth-order valence-corrected chi connectivity index (χ4v) is 0. The molecule has 1 nitrogen and oxygen atoms in total. The predicted octanol–water partition coefficient (Wildman–Crippen LogP) is -2.79. The quantitative estimate of drug-likeness (QED) is 0.273. The van der Waals surface area contributed by atoms with Gasteiger partial charge in [0.25, 0.3) is 6.43 Å². The third-order valence-corrected chi connectivity index (χ3v) is 0.254. The molecule has 0 amide bonds. The molecule has 0 unspecified atom stereocenters. The van der Waals surface area contributed by atoms with E-state index in [4.69, 9.17) is 5.11 Å². The molecule has 0 N–H and O–H groups in total. The summed E-state index contributed by atoms with van der Waals surface area (Å²) in [5, 5.41) is 8.72. The van der Waals surface area contributed by atoms with Crippen molar-refractivity contribution in [1.29, 1.82) is 0 Å². The molecule has 0 bridgehead atoms. The van der Waals surface area contributed by atoms with E-state index >= 15 is 0 Å². The van der Waals surface area contributed by atoms with Gasteiger partial charge >= 0.3 is 18.9 Å². The van der Waals surface area contributed by atoms with Crippen molar-refractivity contribution in [2.24, 2.45) is 0 Å². The molecule has 8 heavy (non-hydrogen) atoms. The Morgan fingerprint density at radius 3 is 1.38 bits per heavy atom. The first-order valence-electron chi connectivity index (χ1n) is 1.31. The maximum atomic E-state index is 10.5. The molecule has 0 rings (SSSR count). The van der Waals surface area contributed by atoms with Gasteiger partial charge in [-0.3, -0.25) is 0 Å². The molecule has 0 heterocycles. The van der Waals surface area contributed by atoms with E-state index < -0.39 is 12.5 Å². The summed E-state index contributed by atoms with van der Waals surface area (Å²) in [6.45, 7) is 0. The monoisotopic (exact) mass is 124 g/mol. The summed E-state index contributed by atoms with van der Waals surface area (Å²) in [4.78, 5) is 0. The van der Waals surface area contributed by atoms with Crippen LogP contribution in [0.2, 0.25) is 0 Å². The summed E-state index contributed by atoms with van der Waals surface area (Å²) < 4.78 is 42.0. The Hall–Kier alpha value is 0.277. The molecule has 0 spiro atoms. The predicted molar refractivity (Wildman–Crippen MR) is 11.0 cm³/mol. The molecule has 0 fully saturated rings. The van der Waals surface area contributed by atoms with Gasteiger partial charge in [0.2, 0.25) is 6.11 Å². The number of hydrogen-bond donors (Lipinski definition) is 0. The molecular weight excluding hydrogens is 123 g/mol. The van der Waals surface area contributed by atoms with Crippen LogP contribution in [0.1, 0.15) is 0 Å². The second-order valence-electron chi connectivity index (χ2n) is 0.862. The SMILES string of the molecule is [Li+].[O-]C(F)(F)C(F)F. The van der Waals surface area contributed by atoms with E-state index in [1.807, 2.05) is 0 Å². The van der Waals surface area contributed by atoms with Crippen molar-refractivity contribution in [3.05, 3.63) is 0 Å². The van der Waals surface area contributed by atoms with Gasteiger partial charge in [-0.15, -0.1) is 0 Å². The number of hydrogen-bond acceptors (Lipinski definition) is 1. The molecule has 0 saturated heterocycles. The van der Waals surface area contributed by atoms with Gasteiger partial charge in [-0.05, 0) is 0 Å². The first-order chi connectivity index (χ1) is 2.94. The first-order valence-corrected chi connectivity index (χ1v) is 1.31. The molecule has 0 aliphatic rings. The Kier molecular flexibility index (Phi) is 4.63. The molecule has 0 atom stereocenters. The Morgan fingerprint density at radius 2 is 1.38 bits per heavy atom. The maximum absolute atomic E-state index is 10.5. The molecule has 0 saturated carbocycles. The summed E-state index contributed by atoms with van der Waals surface area (Å²) in [5.41, 5.74) is 0. The molecule has 0 aromatic heterocycles. The van der Waals surface area contributed by atoms with Gasteiger partial charge in [0.15, 0.2) is 0 Å². The molecular formula is C2HF4LiO. The van der Waals surface area contributed by atoms with Crippen molar-refractivity contribution in [2.45, 2.75) is 12.5 Å². The summed E-state index contributed by atoms with van der Waals surface area (Å²) in [6, 6.07) is 0. The smallest absolute Gasteiger partial charge is 0.794 e. The maximum Gasteiger partial charge on any atom is 1.00 e. The van der Waals surface area contributed by atoms with E-state index in [-0.39, 0.29) is 18.9 Å². The van der Waals surface area contributed by atoms with Crippen LogP contribution in [-0.4, -0.2) is 12.5 Å². The van der Waals surface area contributed by atoms with Crippen LogP contribution in [0.4, 0.5) is 17.6 Å². The average molecular weight is 124 g/mol. The van der Waals surface area contributed by atoms with E-state index in [0.717, 1.165) is 0 Å². The standard InChI is InChI=1S/C2HF4O.Li/c3-1(4)2(5,6)7;/h1H;/q-1;+1. The fourth-order valence-electron chi connectivity index (χ4n) is 0. The Balaban J connectivity index is 0. The Morgan fingerprint density at radius 1 is 1.25 bits per heavy atom. The first kappa shape index (κ1) is 11.1. The van der Waals surface area contributed by atoms with Crippen LogP contribution in [0.25, 0.3) is 0 Å².